The Morgan fingerprint density at radius 1 is 1.00 bits per heavy atom. The summed E-state index contributed by atoms with van der Waals surface area (Å²) in [6, 6.07) is 12.7. The Labute approximate surface area is 168 Å². The number of carbonyl (C=O) groups is 3. The van der Waals surface area contributed by atoms with Crippen LogP contribution in [0.3, 0.4) is 0 Å². The van der Waals surface area contributed by atoms with E-state index in [-0.39, 0.29) is 11.3 Å². The third-order valence-electron chi connectivity index (χ3n) is 4.51. The highest BCUT2D eigenvalue weighted by molar-refractivity contribution is 6.09. The number of carbonyl (C=O) groups excluding carboxylic acids is 3. The second-order valence-corrected chi connectivity index (χ2v) is 6.57. The molecule has 6 heteroatoms. The van der Waals surface area contributed by atoms with E-state index >= 15 is 0 Å². The fourth-order valence-electron chi connectivity index (χ4n) is 3.28. The molecule has 1 aromatic carbocycles. The Hall–Kier alpha value is -3.67. The number of ether oxygens (including phenoxy) is 1. The van der Waals surface area contributed by atoms with E-state index in [4.69, 9.17) is 9.15 Å². The highest BCUT2D eigenvalue weighted by Crippen LogP contribution is 2.39. The van der Waals surface area contributed by atoms with Crippen LogP contribution in [-0.4, -0.2) is 29.3 Å². The van der Waals surface area contributed by atoms with Gasteiger partial charge in [0.25, 0.3) is 5.91 Å². The van der Waals surface area contributed by atoms with Crippen molar-refractivity contribution in [2.45, 2.75) is 20.8 Å². The summed E-state index contributed by atoms with van der Waals surface area (Å²) >= 11 is 0. The molecule has 29 heavy (non-hydrogen) atoms. The van der Waals surface area contributed by atoms with Gasteiger partial charge in [0.1, 0.15) is 11.5 Å². The lowest BCUT2D eigenvalue weighted by Gasteiger charge is -2.07. The van der Waals surface area contributed by atoms with E-state index in [1.807, 2.05) is 30.3 Å². The SMILES string of the molecule is COC(=O)c1c(-c2ccccc2)c(C)n(C(=O)/C=C\C(C)=O)c1-c1ccc(C)o1. The summed E-state index contributed by atoms with van der Waals surface area (Å²) in [5, 5.41) is 0. The number of esters is 1. The van der Waals surface area contributed by atoms with Gasteiger partial charge < -0.3 is 9.15 Å². The lowest BCUT2D eigenvalue weighted by Crippen LogP contribution is -2.12. The number of aryl methyl sites for hydroxylation is 1. The van der Waals surface area contributed by atoms with Crippen LogP contribution in [0, 0.1) is 13.8 Å². The number of allylic oxidation sites excluding steroid dienone is 2. The molecule has 148 valence electrons. The van der Waals surface area contributed by atoms with Gasteiger partial charge >= 0.3 is 5.97 Å². The predicted molar refractivity (Wildman–Crippen MR) is 109 cm³/mol. The average molecular weight is 391 g/mol. The van der Waals surface area contributed by atoms with Crippen molar-refractivity contribution >= 4 is 17.7 Å². The Bertz CT molecular complexity index is 1120. The van der Waals surface area contributed by atoms with E-state index in [9.17, 15) is 14.4 Å². The number of benzene rings is 1. The number of methoxy groups -OCH3 is 1. The number of furan rings is 1. The number of aromatic nitrogens is 1. The van der Waals surface area contributed by atoms with E-state index in [2.05, 4.69) is 0 Å². The van der Waals surface area contributed by atoms with Gasteiger partial charge in [0, 0.05) is 17.3 Å². The first-order chi connectivity index (χ1) is 13.8. The molecule has 0 fully saturated rings. The van der Waals surface area contributed by atoms with E-state index in [0.29, 0.717) is 28.5 Å². The van der Waals surface area contributed by atoms with E-state index < -0.39 is 11.9 Å². The third kappa shape index (κ3) is 3.82. The quantitative estimate of drug-likeness (QED) is 0.469. The number of rotatable bonds is 5. The number of ketones is 1. The van der Waals surface area contributed by atoms with Crippen LogP contribution < -0.4 is 0 Å². The second-order valence-electron chi connectivity index (χ2n) is 6.57. The van der Waals surface area contributed by atoms with Crippen molar-refractivity contribution in [3.63, 3.8) is 0 Å². The standard InChI is InChI=1S/C23H21NO5/c1-14(25)10-13-19(26)24-16(3)20(17-8-6-5-7-9-17)21(23(27)28-4)22(24)18-12-11-15(2)29-18/h5-13H,1-4H3/b13-10-. The van der Waals surface area contributed by atoms with Gasteiger partial charge in [0.05, 0.1) is 12.7 Å². The van der Waals surface area contributed by atoms with Crippen molar-refractivity contribution in [2.24, 2.45) is 0 Å². The lowest BCUT2D eigenvalue weighted by atomic mass is 10.00. The summed E-state index contributed by atoms with van der Waals surface area (Å²) in [6.45, 7) is 4.88. The van der Waals surface area contributed by atoms with Crippen LogP contribution in [0.2, 0.25) is 0 Å². The minimum Gasteiger partial charge on any atom is -0.465 e. The molecule has 0 saturated heterocycles. The first-order valence-electron chi connectivity index (χ1n) is 9.04. The molecule has 0 aliphatic carbocycles. The second kappa shape index (κ2) is 8.14. The molecule has 0 bridgehead atoms. The molecule has 0 unspecified atom stereocenters. The van der Waals surface area contributed by atoms with Crippen LogP contribution in [0.1, 0.15) is 33.5 Å². The van der Waals surface area contributed by atoms with Crippen LogP contribution >= 0.6 is 0 Å². The minimum atomic E-state index is -0.585. The summed E-state index contributed by atoms with van der Waals surface area (Å²) < 4.78 is 12.2. The van der Waals surface area contributed by atoms with E-state index in [0.717, 1.165) is 5.56 Å². The first kappa shape index (κ1) is 20.1. The van der Waals surface area contributed by atoms with Crippen LogP contribution in [0.15, 0.2) is 59.0 Å². The number of hydrogen-bond acceptors (Lipinski definition) is 5. The Balaban J connectivity index is 2.40. The zero-order chi connectivity index (χ0) is 21.1. The highest BCUT2D eigenvalue weighted by atomic mass is 16.5. The maximum atomic E-state index is 13.0. The molecule has 0 radical (unpaired) electrons. The van der Waals surface area contributed by atoms with Gasteiger partial charge in [-0.1, -0.05) is 30.3 Å². The first-order valence-corrected chi connectivity index (χ1v) is 9.04. The van der Waals surface area contributed by atoms with Crippen molar-refractivity contribution in [1.82, 2.24) is 4.57 Å². The van der Waals surface area contributed by atoms with Crippen molar-refractivity contribution in [2.75, 3.05) is 7.11 Å². The zero-order valence-electron chi connectivity index (χ0n) is 16.7. The van der Waals surface area contributed by atoms with Gasteiger partial charge in [-0.2, -0.15) is 0 Å². The number of nitrogens with zero attached hydrogens (tertiary/aromatic N) is 1. The maximum Gasteiger partial charge on any atom is 0.340 e. The van der Waals surface area contributed by atoms with Gasteiger partial charge in [0.15, 0.2) is 11.5 Å². The van der Waals surface area contributed by atoms with E-state index in [1.165, 1.54) is 30.8 Å². The minimum absolute atomic E-state index is 0.232. The Morgan fingerprint density at radius 3 is 2.24 bits per heavy atom. The molecule has 0 atom stereocenters. The number of hydrogen-bond donors (Lipinski definition) is 0. The van der Waals surface area contributed by atoms with Crippen LogP contribution in [0.25, 0.3) is 22.6 Å². The predicted octanol–water partition coefficient (Wildman–Crippen LogP) is 4.60. The Morgan fingerprint density at radius 2 is 1.69 bits per heavy atom. The summed E-state index contributed by atoms with van der Waals surface area (Å²) in [5.74, 6) is -0.311. The van der Waals surface area contributed by atoms with Crippen molar-refractivity contribution in [3.8, 4) is 22.6 Å². The van der Waals surface area contributed by atoms with Gasteiger partial charge in [-0.25, -0.2) is 4.79 Å². The van der Waals surface area contributed by atoms with Gasteiger partial charge in [-0.15, -0.1) is 0 Å². The van der Waals surface area contributed by atoms with Crippen LogP contribution in [0.4, 0.5) is 0 Å². The Kier molecular flexibility index (Phi) is 5.64. The van der Waals surface area contributed by atoms with Crippen LogP contribution in [-0.2, 0) is 9.53 Å². The summed E-state index contributed by atoms with van der Waals surface area (Å²) in [7, 11) is 1.29. The smallest absolute Gasteiger partial charge is 0.340 e. The van der Waals surface area contributed by atoms with Crippen LogP contribution in [0.5, 0.6) is 0 Å². The zero-order valence-corrected chi connectivity index (χ0v) is 16.7. The molecule has 6 nitrogen and oxygen atoms in total. The molecular weight excluding hydrogens is 370 g/mol. The summed E-state index contributed by atoms with van der Waals surface area (Å²) in [4.78, 5) is 37.1. The molecule has 2 heterocycles. The van der Waals surface area contributed by atoms with Gasteiger partial charge in [0.2, 0.25) is 0 Å². The molecule has 3 rings (SSSR count). The molecule has 3 aromatic rings. The fourth-order valence-corrected chi connectivity index (χ4v) is 3.28. The summed E-state index contributed by atoms with van der Waals surface area (Å²) in [5.41, 5.74) is 2.40. The molecular formula is C23H21NO5. The summed E-state index contributed by atoms with van der Waals surface area (Å²) in [6.07, 6.45) is 2.38. The molecule has 0 saturated carbocycles. The van der Waals surface area contributed by atoms with Gasteiger partial charge in [-0.05, 0) is 44.5 Å². The molecule has 0 spiro atoms. The average Bonchev–Trinajstić information content (AvgIpc) is 3.26. The molecule has 0 N–H and O–H groups in total. The van der Waals surface area contributed by atoms with Crippen molar-refractivity contribution < 1.29 is 23.5 Å². The monoisotopic (exact) mass is 391 g/mol. The molecule has 0 aliphatic rings. The largest absolute Gasteiger partial charge is 0.465 e. The fraction of sp³-hybridized carbons (Fsp3) is 0.174. The normalized spacial score (nSPS) is 11.0. The van der Waals surface area contributed by atoms with Gasteiger partial charge in [-0.3, -0.25) is 14.2 Å². The lowest BCUT2D eigenvalue weighted by molar-refractivity contribution is -0.112. The molecule has 2 aromatic heterocycles. The highest BCUT2D eigenvalue weighted by Gasteiger charge is 2.31. The third-order valence-corrected chi connectivity index (χ3v) is 4.51. The van der Waals surface area contributed by atoms with Crippen molar-refractivity contribution in [3.05, 3.63) is 71.6 Å². The topological polar surface area (TPSA) is 78.5 Å². The van der Waals surface area contributed by atoms with Crippen molar-refractivity contribution in [1.29, 1.82) is 0 Å². The molecule has 0 aliphatic heterocycles. The molecule has 0 amide bonds. The maximum absolute atomic E-state index is 13.0. The van der Waals surface area contributed by atoms with E-state index in [1.54, 1.807) is 26.0 Å².